The fourth-order valence-electron chi connectivity index (χ4n) is 3.51. The van der Waals surface area contributed by atoms with Gasteiger partial charge >= 0.3 is 6.09 Å². The Morgan fingerprint density at radius 2 is 1.91 bits per heavy atom. The molecule has 0 unspecified atom stereocenters. The first kappa shape index (κ1) is 25.4. The van der Waals surface area contributed by atoms with Crippen LogP contribution in [0, 0.1) is 24.8 Å². The molecular formula is C26H29N3O4. The number of ether oxygens (including phenoxy) is 2. The van der Waals surface area contributed by atoms with Crippen molar-refractivity contribution in [2.24, 2.45) is 0 Å². The van der Waals surface area contributed by atoms with Crippen molar-refractivity contribution in [2.75, 3.05) is 7.11 Å². The van der Waals surface area contributed by atoms with Crippen molar-refractivity contribution in [2.45, 2.75) is 58.6 Å². The van der Waals surface area contributed by atoms with Crippen molar-refractivity contribution in [3.8, 4) is 11.8 Å². The van der Waals surface area contributed by atoms with Gasteiger partial charge in [0.15, 0.2) is 0 Å². The van der Waals surface area contributed by atoms with Crippen LogP contribution in [0.5, 0.6) is 5.75 Å². The highest BCUT2D eigenvalue weighted by Gasteiger charge is 2.17. The summed E-state index contributed by atoms with van der Waals surface area (Å²) in [7, 11) is 1.50. The number of carbonyl (C=O) groups excluding carboxylic acids is 2. The van der Waals surface area contributed by atoms with E-state index in [1.54, 1.807) is 18.2 Å². The lowest BCUT2D eigenvalue weighted by Gasteiger charge is -2.19. The van der Waals surface area contributed by atoms with Gasteiger partial charge in [0.25, 0.3) is 0 Å². The summed E-state index contributed by atoms with van der Waals surface area (Å²) in [4.78, 5) is 28.3. The number of Topliss-reactive ketones (excluding diaryl/α,β-unsaturated/α-hetero) is 1. The molecule has 0 bridgehead atoms. The van der Waals surface area contributed by atoms with Gasteiger partial charge in [-0.15, -0.1) is 0 Å². The topological polar surface area (TPSA) is 92.8 Å². The zero-order chi connectivity index (χ0) is 24.4. The summed E-state index contributed by atoms with van der Waals surface area (Å²) >= 11 is 0. The molecule has 0 saturated heterocycles. The maximum Gasteiger partial charge on any atom is 0.407 e. The summed E-state index contributed by atoms with van der Waals surface area (Å²) in [5.74, 6) is 0.492. The zero-order valence-electron chi connectivity index (χ0n) is 19.5. The van der Waals surface area contributed by atoms with Gasteiger partial charge in [0.2, 0.25) is 5.69 Å². The van der Waals surface area contributed by atoms with Gasteiger partial charge in [0.1, 0.15) is 17.6 Å². The van der Waals surface area contributed by atoms with E-state index in [0.717, 1.165) is 22.3 Å². The standard InChI is InChI=1S/C26H29N3O4/c1-6-23(9-10-27)33-26(31)29-18(3)21-12-17(2)11-20(13-21)15-22(30)14-19-7-8-24(28-4)25(16-19)32-5/h7-8,11-13,16,18,23H,6,9,14-15H2,1-3,5H3,(H,29,31)/t18-,23+/m0/s1. The molecule has 0 fully saturated rings. The van der Waals surface area contributed by atoms with E-state index >= 15 is 0 Å². The third-order valence-corrected chi connectivity index (χ3v) is 5.21. The van der Waals surface area contributed by atoms with Gasteiger partial charge in [-0.2, -0.15) is 5.26 Å². The van der Waals surface area contributed by atoms with Crippen LogP contribution in [0.4, 0.5) is 10.5 Å². The lowest BCUT2D eigenvalue weighted by molar-refractivity contribution is -0.117. The van der Waals surface area contributed by atoms with Gasteiger partial charge < -0.3 is 14.8 Å². The Bertz CT molecular complexity index is 1080. The number of nitriles is 1. The zero-order valence-corrected chi connectivity index (χ0v) is 19.5. The summed E-state index contributed by atoms with van der Waals surface area (Å²) in [6.45, 7) is 12.8. The smallest absolute Gasteiger partial charge is 0.407 e. The monoisotopic (exact) mass is 447 g/mol. The largest absolute Gasteiger partial charge is 0.508 e. The Morgan fingerprint density at radius 1 is 1.18 bits per heavy atom. The quantitative estimate of drug-likeness (QED) is 0.493. The van der Waals surface area contributed by atoms with Crippen molar-refractivity contribution in [3.63, 3.8) is 0 Å². The molecule has 2 rings (SSSR count). The van der Waals surface area contributed by atoms with Crippen molar-refractivity contribution < 1.29 is 19.1 Å². The van der Waals surface area contributed by atoms with E-state index < -0.39 is 12.2 Å². The molecule has 0 aromatic heterocycles. The van der Waals surface area contributed by atoms with Crippen LogP contribution >= 0.6 is 0 Å². The molecule has 0 aliphatic carbocycles. The molecule has 2 aromatic carbocycles. The molecule has 0 spiro atoms. The molecule has 0 heterocycles. The number of hydrogen-bond donors (Lipinski definition) is 1. The number of amides is 1. The second-order valence-electron chi connectivity index (χ2n) is 7.93. The lowest BCUT2D eigenvalue weighted by Crippen LogP contribution is -2.31. The van der Waals surface area contributed by atoms with Crippen molar-refractivity contribution in [1.82, 2.24) is 5.32 Å². The number of rotatable bonds is 10. The number of carbonyl (C=O) groups is 2. The third-order valence-electron chi connectivity index (χ3n) is 5.21. The van der Waals surface area contributed by atoms with Gasteiger partial charge in [-0.05, 0) is 43.0 Å². The summed E-state index contributed by atoms with van der Waals surface area (Å²) in [5.41, 5.74) is 3.91. The van der Waals surface area contributed by atoms with Crippen LogP contribution < -0.4 is 10.1 Å². The molecule has 2 aromatic rings. The first-order valence-corrected chi connectivity index (χ1v) is 10.8. The van der Waals surface area contributed by atoms with E-state index in [4.69, 9.17) is 21.3 Å². The maximum atomic E-state index is 12.7. The van der Waals surface area contributed by atoms with Crippen LogP contribution in [0.2, 0.25) is 0 Å². The summed E-state index contributed by atoms with van der Waals surface area (Å²) < 4.78 is 10.5. The number of benzene rings is 2. The Labute approximate surface area is 195 Å². The summed E-state index contributed by atoms with van der Waals surface area (Å²) in [5, 5.41) is 11.6. The molecule has 0 saturated carbocycles. The van der Waals surface area contributed by atoms with Gasteiger partial charge in [-0.25, -0.2) is 9.64 Å². The van der Waals surface area contributed by atoms with E-state index in [0.29, 0.717) is 17.9 Å². The van der Waals surface area contributed by atoms with E-state index in [2.05, 4.69) is 10.2 Å². The van der Waals surface area contributed by atoms with Gasteiger partial charge in [-0.1, -0.05) is 42.8 Å². The van der Waals surface area contributed by atoms with Crippen LogP contribution in [0.15, 0.2) is 36.4 Å². The highest BCUT2D eigenvalue weighted by Crippen LogP contribution is 2.28. The lowest BCUT2D eigenvalue weighted by atomic mass is 9.97. The number of aryl methyl sites for hydroxylation is 1. The van der Waals surface area contributed by atoms with Crippen molar-refractivity contribution in [3.05, 3.63) is 70.1 Å². The van der Waals surface area contributed by atoms with Gasteiger partial charge in [0, 0.05) is 12.8 Å². The van der Waals surface area contributed by atoms with E-state index in [1.807, 2.05) is 45.0 Å². The molecule has 7 heteroatoms. The summed E-state index contributed by atoms with van der Waals surface area (Å²) in [6, 6.07) is 12.7. The number of ketones is 1. The Balaban J connectivity index is 2.05. The molecule has 0 aliphatic rings. The average molecular weight is 448 g/mol. The number of nitrogens with one attached hydrogen (secondary N) is 1. The second kappa shape index (κ2) is 12.3. The minimum atomic E-state index is -0.569. The maximum absolute atomic E-state index is 12.7. The van der Waals surface area contributed by atoms with Crippen LogP contribution in [0.3, 0.4) is 0 Å². The molecule has 7 nitrogen and oxygen atoms in total. The average Bonchev–Trinajstić information content (AvgIpc) is 2.78. The molecule has 33 heavy (non-hydrogen) atoms. The van der Waals surface area contributed by atoms with Crippen LogP contribution in [0.1, 0.15) is 55.0 Å². The molecule has 2 atom stereocenters. The highest BCUT2D eigenvalue weighted by molar-refractivity contribution is 5.83. The Morgan fingerprint density at radius 3 is 2.55 bits per heavy atom. The van der Waals surface area contributed by atoms with E-state index in [-0.39, 0.29) is 31.1 Å². The predicted octanol–water partition coefficient (Wildman–Crippen LogP) is 5.39. The van der Waals surface area contributed by atoms with E-state index in [9.17, 15) is 9.59 Å². The molecule has 1 amide bonds. The van der Waals surface area contributed by atoms with Gasteiger partial charge in [-0.3, -0.25) is 4.79 Å². The normalized spacial score (nSPS) is 12.1. The number of hydrogen-bond acceptors (Lipinski definition) is 5. The van der Waals surface area contributed by atoms with Crippen molar-refractivity contribution in [1.29, 1.82) is 5.26 Å². The second-order valence-corrected chi connectivity index (χ2v) is 7.93. The molecule has 172 valence electrons. The minimum absolute atomic E-state index is 0.0338. The Hall–Kier alpha value is -3.84. The first-order valence-electron chi connectivity index (χ1n) is 10.8. The minimum Gasteiger partial charge on any atom is -0.508 e. The fourth-order valence-corrected chi connectivity index (χ4v) is 3.51. The number of nitrogens with zero attached hydrogens (tertiary/aromatic N) is 2. The summed E-state index contributed by atoms with van der Waals surface area (Å²) in [6.07, 6.45) is 0.199. The number of alkyl carbamates (subject to hydrolysis) is 1. The van der Waals surface area contributed by atoms with Crippen LogP contribution in [0.25, 0.3) is 4.85 Å². The SMILES string of the molecule is [C-]#[N+]c1ccc(CC(=O)Cc2cc(C)cc([C@H](C)NC(=O)O[C@H](CC)CC#N)c2)cc1OC. The van der Waals surface area contributed by atoms with Gasteiger partial charge in [0.05, 0.1) is 32.2 Å². The first-order chi connectivity index (χ1) is 15.8. The highest BCUT2D eigenvalue weighted by atomic mass is 16.6. The molecular weight excluding hydrogens is 418 g/mol. The van der Waals surface area contributed by atoms with Crippen LogP contribution in [-0.4, -0.2) is 25.1 Å². The number of methoxy groups -OCH3 is 1. The molecule has 1 N–H and O–H groups in total. The molecule has 0 radical (unpaired) electrons. The van der Waals surface area contributed by atoms with E-state index in [1.165, 1.54) is 7.11 Å². The fraction of sp³-hybridized carbons (Fsp3) is 0.385. The molecule has 0 aliphatic heterocycles. The predicted molar refractivity (Wildman–Crippen MR) is 125 cm³/mol. The third kappa shape index (κ3) is 7.66. The van der Waals surface area contributed by atoms with Crippen LogP contribution in [-0.2, 0) is 22.4 Å². The Kier molecular flexibility index (Phi) is 9.45. The van der Waals surface area contributed by atoms with Crippen molar-refractivity contribution >= 4 is 17.6 Å².